The molecule has 2 aromatic heterocycles. The lowest BCUT2D eigenvalue weighted by molar-refractivity contribution is 0.614. The zero-order valence-corrected chi connectivity index (χ0v) is 11.2. The number of anilines is 1. The molecule has 0 radical (unpaired) electrons. The van der Waals surface area contributed by atoms with Crippen LogP contribution in [0.3, 0.4) is 0 Å². The molecule has 96 valence electrons. The Kier molecular flexibility index (Phi) is 3.41. The molecule has 1 fully saturated rings. The van der Waals surface area contributed by atoms with Crippen LogP contribution in [0.1, 0.15) is 25.7 Å². The van der Waals surface area contributed by atoms with Gasteiger partial charge >= 0.3 is 0 Å². The Labute approximate surface area is 112 Å². The van der Waals surface area contributed by atoms with Crippen LogP contribution in [0.2, 0.25) is 0 Å². The molecule has 1 aliphatic heterocycles. The fourth-order valence-corrected chi connectivity index (χ4v) is 3.13. The number of hydrogen-bond acceptors (Lipinski definition) is 2. The molecule has 4 heteroatoms. The van der Waals surface area contributed by atoms with E-state index in [0.717, 1.165) is 12.2 Å². The van der Waals surface area contributed by atoms with Crippen LogP contribution in [0.4, 0.5) is 5.82 Å². The molecule has 3 nitrogen and oxygen atoms in total. The van der Waals surface area contributed by atoms with Crippen molar-refractivity contribution in [1.82, 2.24) is 9.38 Å². The van der Waals surface area contributed by atoms with E-state index in [0.29, 0.717) is 11.9 Å². The van der Waals surface area contributed by atoms with E-state index < -0.39 is 0 Å². The molecule has 0 aromatic carbocycles. The fourth-order valence-electron chi connectivity index (χ4n) is 2.81. The van der Waals surface area contributed by atoms with Crippen molar-refractivity contribution in [2.24, 2.45) is 0 Å². The first kappa shape index (κ1) is 11.8. The summed E-state index contributed by atoms with van der Waals surface area (Å²) in [5, 5.41) is 0. The Morgan fingerprint density at radius 1 is 1.28 bits per heavy atom. The molecule has 1 atom stereocenters. The van der Waals surface area contributed by atoms with Crippen molar-refractivity contribution in [2.75, 3.05) is 17.3 Å². The summed E-state index contributed by atoms with van der Waals surface area (Å²) in [4.78, 5) is 6.80. The number of aromatic nitrogens is 2. The minimum atomic E-state index is 0.446. The summed E-state index contributed by atoms with van der Waals surface area (Å²) in [7, 11) is 0. The van der Waals surface area contributed by atoms with Gasteiger partial charge in [-0.1, -0.05) is 18.9 Å². The van der Waals surface area contributed by atoms with E-state index in [-0.39, 0.29) is 0 Å². The van der Waals surface area contributed by atoms with Gasteiger partial charge in [-0.3, -0.25) is 4.40 Å². The van der Waals surface area contributed by atoms with Crippen molar-refractivity contribution >= 4 is 23.1 Å². The number of pyridine rings is 1. The van der Waals surface area contributed by atoms with Crippen molar-refractivity contribution in [2.45, 2.75) is 31.7 Å². The SMILES string of the molecule is ClCC1CCCCCN1c1cccc2nccn12. The molecule has 2 aromatic rings. The summed E-state index contributed by atoms with van der Waals surface area (Å²) in [5.41, 5.74) is 1.00. The first-order valence-electron chi connectivity index (χ1n) is 6.65. The van der Waals surface area contributed by atoms with E-state index in [1.165, 1.54) is 31.5 Å². The first-order valence-corrected chi connectivity index (χ1v) is 7.18. The van der Waals surface area contributed by atoms with Gasteiger partial charge in [0.25, 0.3) is 0 Å². The number of hydrogen-bond donors (Lipinski definition) is 0. The second-order valence-corrected chi connectivity index (χ2v) is 5.20. The fraction of sp³-hybridized carbons (Fsp3) is 0.500. The highest BCUT2D eigenvalue weighted by Crippen LogP contribution is 2.25. The summed E-state index contributed by atoms with van der Waals surface area (Å²) in [6.07, 6.45) is 8.91. The Balaban J connectivity index is 2.02. The number of nitrogens with zero attached hydrogens (tertiary/aromatic N) is 3. The molecule has 0 amide bonds. The van der Waals surface area contributed by atoms with Gasteiger partial charge in [0, 0.05) is 30.9 Å². The Morgan fingerprint density at radius 2 is 2.22 bits per heavy atom. The molecule has 1 aliphatic rings. The normalized spacial score (nSPS) is 21.2. The Morgan fingerprint density at radius 3 is 3.11 bits per heavy atom. The third-order valence-electron chi connectivity index (χ3n) is 3.76. The van der Waals surface area contributed by atoms with Crippen molar-refractivity contribution in [1.29, 1.82) is 0 Å². The molecular formula is C14H18ClN3. The zero-order valence-electron chi connectivity index (χ0n) is 10.4. The summed E-state index contributed by atoms with van der Waals surface area (Å²) in [6, 6.07) is 6.73. The molecule has 0 saturated carbocycles. The topological polar surface area (TPSA) is 20.5 Å². The average Bonchev–Trinajstić information content (AvgIpc) is 2.76. The van der Waals surface area contributed by atoms with Gasteiger partial charge < -0.3 is 4.90 Å². The van der Waals surface area contributed by atoms with Crippen LogP contribution in [-0.4, -0.2) is 27.9 Å². The van der Waals surface area contributed by atoms with Gasteiger partial charge in [0.15, 0.2) is 0 Å². The maximum Gasteiger partial charge on any atom is 0.138 e. The van der Waals surface area contributed by atoms with Crippen LogP contribution in [0.15, 0.2) is 30.6 Å². The lowest BCUT2D eigenvalue weighted by Crippen LogP contribution is -2.37. The molecular weight excluding hydrogens is 246 g/mol. The summed E-state index contributed by atoms with van der Waals surface area (Å²) >= 11 is 6.16. The maximum atomic E-state index is 6.16. The zero-order chi connectivity index (χ0) is 12.4. The molecule has 0 bridgehead atoms. The van der Waals surface area contributed by atoms with Gasteiger partial charge in [0.05, 0.1) is 0 Å². The minimum Gasteiger partial charge on any atom is -0.354 e. The Hall–Kier alpha value is -1.22. The number of rotatable bonds is 2. The number of halogens is 1. The summed E-state index contributed by atoms with van der Waals surface area (Å²) < 4.78 is 2.16. The third kappa shape index (κ3) is 2.07. The van der Waals surface area contributed by atoms with Gasteiger partial charge in [-0.05, 0) is 25.0 Å². The average molecular weight is 264 g/mol. The van der Waals surface area contributed by atoms with Gasteiger partial charge in [0.1, 0.15) is 11.5 Å². The highest BCUT2D eigenvalue weighted by atomic mass is 35.5. The van der Waals surface area contributed by atoms with Crippen LogP contribution in [0.25, 0.3) is 5.65 Å². The van der Waals surface area contributed by atoms with E-state index in [2.05, 4.69) is 26.4 Å². The van der Waals surface area contributed by atoms with E-state index in [1.54, 1.807) is 0 Å². The molecule has 1 saturated heterocycles. The van der Waals surface area contributed by atoms with E-state index >= 15 is 0 Å². The van der Waals surface area contributed by atoms with Crippen LogP contribution in [-0.2, 0) is 0 Å². The predicted octanol–water partition coefficient (Wildman–Crippen LogP) is 3.32. The second-order valence-electron chi connectivity index (χ2n) is 4.89. The molecule has 3 heterocycles. The van der Waals surface area contributed by atoms with Crippen LogP contribution in [0, 0.1) is 0 Å². The lowest BCUT2D eigenvalue weighted by Gasteiger charge is -2.31. The van der Waals surface area contributed by atoms with Gasteiger partial charge in [0.2, 0.25) is 0 Å². The Bertz CT molecular complexity index is 522. The highest BCUT2D eigenvalue weighted by molar-refractivity contribution is 6.18. The standard InChI is InChI=1S/C14H18ClN3/c15-11-12-5-2-1-3-9-17(12)14-7-4-6-13-16-8-10-18(13)14/h4,6-8,10,12H,1-3,5,9,11H2. The van der Waals surface area contributed by atoms with E-state index in [4.69, 9.17) is 11.6 Å². The van der Waals surface area contributed by atoms with E-state index in [9.17, 15) is 0 Å². The molecule has 3 rings (SSSR count). The van der Waals surface area contributed by atoms with Crippen LogP contribution in [0.5, 0.6) is 0 Å². The maximum absolute atomic E-state index is 6.16. The third-order valence-corrected chi connectivity index (χ3v) is 4.11. The molecule has 18 heavy (non-hydrogen) atoms. The second kappa shape index (κ2) is 5.19. The molecule has 0 spiro atoms. The largest absolute Gasteiger partial charge is 0.354 e. The van der Waals surface area contributed by atoms with Crippen LogP contribution >= 0.6 is 11.6 Å². The summed E-state index contributed by atoms with van der Waals surface area (Å²) in [5.74, 6) is 1.92. The summed E-state index contributed by atoms with van der Waals surface area (Å²) in [6.45, 7) is 1.09. The minimum absolute atomic E-state index is 0.446. The number of imidazole rings is 1. The van der Waals surface area contributed by atoms with Crippen molar-refractivity contribution in [3.05, 3.63) is 30.6 Å². The quantitative estimate of drug-likeness (QED) is 0.775. The van der Waals surface area contributed by atoms with Gasteiger partial charge in [-0.2, -0.15) is 0 Å². The lowest BCUT2D eigenvalue weighted by atomic mass is 10.1. The van der Waals surface area contributed by atoms with E-state index in [1.807, 2.05) is 18.5 Å². The van der Waals surface area contributed by atoms with Crippen molar-refractivity contribution in [3.8, 4) is 0 Å². The van der Waals surface area contributed by atoms with Gasteiger partial charge in [-0.15, -0.1) is 11.6 Å². The molecule has 0 aliphatic carbocycles. The number of alkyl halides is 1. The monoisotopic (exact) mass is 263 g/mol. The van der Waals surface area contributed by atoms with Crippen LogP contribution < -0.4 is 4.90 Å². The first-order chi connectivity index (χ1) is 8.90. The highest BCUT2D eigenvalue weighted by Gasteiger charge is 2.22. The molecule has 0 N–H and O–H groups in total. The smallest absolute Gasteiger partial charge is 0.138 e. The predicted molar refractivity (Wildman–Crippen MR) is 75.5 cm³/mol. The number of fused-ring (bicyclic) bond motifs is 1. The van der Waals surface area contributed by atoms with Gasteiger partial charge in [-0.25, -0.2) is 4.98 Å². The van der Waals surface area contributed by atoms with Crippen molar-refractivity contribution in [3.63, 3.8) is 0 Å². The molecule has 1 unspecified atom stereocenters. The van der Waals surface area contributed by atoms with Crippen molar-refractivity contribution < 1.29 is 0 Å².